The van der Waals surface area contributed by atoms with Crippen LogP contribution < -0.4 is 5.32 Å². The highest BCUT2D eigenvalue weighted by molar-refractivity contribution is 5.90. The number of aryl methyl sites for hydroxylation is 1. The molecule has 2 N–H and O–H groups in total. The fourth-order valence-corrected chi connectivity index (χ4v) is 2.02. The molecular formula is C16H23NO3. The van der Waals surface area contributed by atoms with Gasteiger partial charge in [-0.2, -0.15) is 0 Å². The summed E-state index contributed by atoms with van der Waals surface area (Å²) in [4.78, 5) is 23.8. The van der Waals surface area contributed by atoms with Gasteiger partial charge in [0.1, 0.15) is 5.54 Å². The Bertz CT molecular complexity index is 510. The third-order valence-electron chi connectivity index (χ3n) is 4.03. The molecule has 0 aliphatic heterocycles. The van der Waals surface area contributed by atoms with Crippen molar-refractivity contribution in [3.8, 4) is 0 Å². The summed E-state index contributed by atoms with van der Waals surface area (Å²) >= 11 is 0. The number of hydrogen-bond acceptors (Lipinski definition) is 2. The predicted molar refractivity (Wildman–Crippen MR) is 78.6 cm³/mol. The van der Waals surface area contributed by atoms with Crippen LogP contribution in [-0.4, -0.2) is 22.5 Å². The second kappa shape index (κ2) is 6.07. The van der Waals surface area contributed by atoms with Crippen LogP contribution in [0.3, 0.4) is 0 Å². The molecule has 1 aromatic carbocycles. The second-order valence-electron chi connectivity index (χ2n) is 5.73. The van der Waals surface area contributed by atoms with Crippen molar-refractivity contribution in [1.82, 2.24) is 5.32 Å². The third-order valence-corrected chi connectivity index (χ3v) is 4.03. The molecule has 20 heavy (non-hydrogen) atoms. The number of hydrogen-bond donors (Lipinski definition) is 2. The van der Waals surface area contributed by atoms with E-state index in [1.807, 2.05) is 31.2 Å². The minimum Gasteiger partial charge on any atom is -0.480 e. The summed E-state index contributed by atoms with van der Waals surface area (Å²) < 4.78 is 0. The molecule has 0 bridgehead atoms. The number of nitrogens with one attached hydrogen (secondary N) is 1. The number of carbonyl (C=O) groups excluding carboxylic acids is 1. The van der Waals surface area contributed by atoms with Gasteiger partial charge < -0.3 is 10.4 Å². The Hall–Kier alpha value is -1.84. The normalized spacial score (nSPS) is 15.5. The summed E-state index contributed by atoms with van der Waals surface area (Å²) in [6, 6.07) is 7.63. The van der Waals surface area contributed by atoms with Crippen LogP contribution in [0.15, 0.2) is 24.3 Å². The number of carbonyl (C=O) groups is 2. The third kappa shape index (κ3) is 3.18. The lowest BCUT2D eigenvalue weighted by Gasteiger charge is -2.31. The molecule has 4 nitrogen and oxygen atoms in total. The van der Waals surface area contributed by atoms with Crippen molar-refractivity contribution >= 4 is 11.9 Å². The Kier molecular flexibility index (Phi) is 4.93. The molecule has 0 radical (unpaired) electrons. The smallest absolute Gasteiger partial charge is 0.329 e. The molecule has 0 fully saturated rings. The van der Waals surface area contributed by atoms with E-state index in [-0.39, 0.29) is 17.7 Å². The van der Waals surface area contributed by atoms with Gasteiger partial charge in [-0.25, -0.2) is 4.79 Å². The molecule has 4 heteroatoms. The van der Waals surface area contributed by atoms with Gasteiger partial charge in [0.15, 0.2) is 0 Å². The van der Waals surface area contributed by atoms with Crippen LogP contribution in [0.4, 0.5) is 0 Å². The van der Waals surface area contributed by atoms with Gasteiger partial charge in [0.25, 0.3) is 0 Å². The molecule has 0 aliphatic rings. The first-order valence-corrected chi connectivity index (χ1v) is 6.81. The Labute approximate surface area is 120 Å². The molecule has 0 aliphatic carbocycles. The maximum atomic E-state index is 12.3. The van der Waals surface area contributed by atoms with E-state index in [2.05, 4.69) is 5.32 Å². The zero-order valence-electron chi connectivity index (χ0n) is 12.7. The minimum absolute atomic E-state index is 0.201. The molecule has 1 amide bonds. The highest BCUT2D eigenvalue weighted by Gasteiger charge is 2.39. The summed E-state index contributed by atoms with van der Waals surface area (Å²) in [6.45, 7) is 8.85. The quantitative estimate of drug-likeness (QED) is 0.869. The van der Waals surface area contributed by atoms with E-state index in [1.54, 1.807) is 27.7 Å². The van der Waals surface area contributed by atoms with Crippen LogP contribution in [0.2, 0.25) is 0 Å². The Balaban J connectivity index is 2.96. The summed E-state index contributed by atoms with van der Waals surface area (Å²) in [5, 5.41) is 12.0. The van der Waals surface area contributed by atoms with E-state index in [0.717, 1.165) is 11.1 Å². The van der Waals surface area contributed by atoms with E-state index >= 15 is 0 Å². The van der Waals surface area contributed by atoms with Crippen molar-refractivity contribution in [3.05, 3.63) is 35.4 Å². The standard InChI is InChI=1S/C16H23NO3/c1-10(2)16(5,15(19)20)17-14(18)12(4)13-9-7-6-8-11(13)3/h6-10,12H,1-5H3,(H,17,18)(H,19,20). The number of carboxylic acid groups (broad SMARTS) is 1. The molecule has 0 heterocycles. The highest BCUT2D eigenvalue weighted by Crippen LogP contribution is 2.23. The summed E-state index contributed by atoms with van der Waals surface area (Å²) in [5.41, 5.74) is 0.687. The monoisotopic (exact) mass is 277 g/mol. The Morgan fingerprint density at radius 1 is 1.20 bits per heavy atom. The largest absolute Gasteiger partial charge is 0.480 e. The highest BCUT2D eigenvalue weighted by atomic mass is 16.4. The second-order valence-corrected chi connectivity index (χ2v) is 5.73. The van der Waals surface area contributed by atoms with E-state index in [4.69, 9.17) is 0 Å². The molecule has 2 unspecified atom stereocenters. The predicted octanol–water partition coefficient (Wildman–Crippen LogP) is 2.71. The van der Waals surface area contributed by atoms with Gasteiger partial charge in [-0.3, -0.25) is 4.79 Å². The lowest BCUT2D eigenvalue weighted by molar-refractivity contribution is -0.149. The van der Waals surface area contributed by atoms with E-state index in [1.165, 1.54) is 0 Å². The lowest BCUT2D eigenvalue weighted by atomic mass is 9.87. The summed E-state index contributed by atoms with van der Waals surface area (Å²) in [7, 11) is 0. The minimum atomic E-state index is -1.26. The fraction of sp³-hybridized carbons (Fsp3) is 0.500. The Morgan fingerprint density at radius 3 is 2.20 bits per heavy atom. The summed E-state index contributed by atoms with van der Waals surface area (Å²) in [6.07, 6.45) is 0. The molecule has 1 aromatic rings. The Morgan fingerprint density at radius 2 is 1.75 bits per heavy atom. The number of benzene rings is 1. The molecule has 0 spiro atoms. The van der Waals surface area contributed by atoms with Crippen molar-refractivity contribution in [2.24, 2.45) is 5.92 Å². The molecule has 0 saturated heterocycles. The number of rotatable bonds is 5. The van der Waals surface area contributed by atoms with Crippen molar-refractivity contribution < 1.29 is 14.7 Å². The first-order valence-electron chi connectivity index (χ1n) is 6.81. The molecular weight excluding hydrogens is 254 g/mol. The van der Waals surface area contributed by atoms with Gasteiger partial charge in [0, 0.05) is 0 Å². The number of amides is 1. The van der Waals surface area contributed by atoms with Gasteiger partial charge in [0.05, 0.1) is 5.92 Å². The van der Waals surface area contributed by atoms with Gasteiger partial charge in [0.2, 0.25) is 5.91 Å². The maximum Gasteiger partial charge on any atom is 0.329 e. The number of carboxylic acids is 1. The van der Waals surface area contributed by atoms with Crippen molar-refractivity contribution in [3.63, 3.8) is 0 Å². The molecule has 1 rings (SSSR count). The van der Waals surface area contributed by atoms with Crippen LogP contribution in [0.5, 0.6) is 0 Å². The van der Waals surface area contributed by atoms with Crippen LogP contribution in [0.25, 0.3) is 0 Å². The van der Waals surface area contributed by atoms with Crippen LogP contribution in [-0.2, 0) is 9.59 Å². The van der Waals surface area contributed by atoms with Gasteiger partial charge in [-0.15, -0.1) is 0 Å². The number of aliphatic carboxylic acids is 1. The van der Waals surface area contributed by atoms with E-state index in [9.17, 15) is 14.7 Å². The zero-order valence-corrected chi connectivity index (χ0v) is 12.7. The topological polar surface area (TPSA) is 66.4 Å². The van der Waals surface area contributed by atoms with Crippen LogP contribution >= 0.6 is 0 Å². The fourth-order valence-electron chi connectivity index (χ4n) is 2.02. The van der Waals surface area contributed by atoms with Gasteiger partial charge in [-0.05, 0) is 37.8 Å². The summed E-state index contributed by atoms with van der Waals surface area (Å²) in [5.74, 6) is -1.86. The molecule has 110 valence electrons. The van der Waals surface area contributed by atoms with E-state index in [0.29, 0.717) is 0 Å². The van der Waals surface area contributed by atoms with Gasteiger partial charge >= 0.3 is 5.97 Å². The zero-order chi connectivity index (χ0) is 15.5. The van der Waals surface area contributed by atoms with Crippen LogP contribution in [0.1, 0.15) is 44.7 Å². The average Bonchev–Trinajstić information content (AvgIpc) is 2.37. The first kappa shape index (κ1) is 16.2. The van der Waals surface area contributed by atoms with Crippen LogP contribution in [0, 0.1) is 12.8 Å². The maximum absolute atomic E-state index is 12.3. The molecule has 2 atom stereocenters. The molecule has 0 saturated carbocycles. The van der Waals surface area contributed by atoms with Crippen molar-refractivity contribution in [1.29, 1.82) is 0 Å². The van der Waals surface area contributed by atoms with Crippen molar-refractivity contribution in [2.45, 2.75) is 46.1 Å². The van der Waals surface area contributed by atoms with Crippen molar-refractivity contribution in [2.75, 3.05) is 0 Å². The average molecular weight is 277 g/mol. The lowest BCUT2D eigenvalue weighted by Crippen LogP contribution is -2.56. The first-order chi connectivity index (χ1) is 9.20. The SMILES string of the molecule is Cc1ccccc1C(C)C(=O)NC(C)(C(=O)O)C(C)C. The molecule has 0 aromatic heterocycles. The van der Waals surface area contributed by atoms with Gasteiger partial charge in [-0.1, -0.05) is 38.1 Å². The van der Waals surface area contributed by atoms with E-state index < -0.39 is 11.5 Å².